The Kier molecular flexibility index (Phi) is 5.88. The molecule has 7 unspecified atom stereocenters. The molecule has 3 fully saturated rings. The molecule has 0 radical (unpaired) electrons. The highest BCUT2D eigenvalue weighted by Crippen LogP contribution is 2.57. The molecule has 5 rings (SSSR count). The van der Waals surface area contributed by atoms with Crippen LogP contribution in [-0.4, -0.2) is 17.1 Å². The maximum Gasteiger partial charge on any atom is 0.309 e. The summed E-state index contributed by atoms with van der Waals surface area (Å²) in [5.41, 5.74) is 3.69. The van der Waals surface area contributed by atoms with Gasteiger partial charge in [-0.2, -0.15) is 5.26 Å². The van der Waals surface area contributed by atoms with Gasteiger partial charge in [0.05, 0.1) is 17.6 Å². The molecule has 2 aromatic rings. The van der Waals surface area contributed by atoms with E-state index in [0.717, 1.165) is 29.7 Å². The van der Waals surface area contributed by atoms with Gasteiger partial charge in [0.1, 0.15) is 6.10 Å². The van der Waals surface area contributed by atoms with E-state index in [-0.39, 0.29) is 25.4 Å². The highest BCUT2D eigenvalue weighted by Gasteiger charge is 2.57. The number of fused-ring (bicyclic) bond motifs is 3. The molecule has 2 saturated carbocycles. The lowest BCUT2D eigenvalue weighted by Crippen LogP contribution is -2.41. The molecule has 0 spiro atoms. The molecular formula is C27H32N2O2. The third-order valence-electron chi connectivity index (χ3n) is 7.98. The predicted octanol–water partition coefficient (Wildman–Crippen LogP) is 5.66. The molecule has 1 aliphatic heterocycles. The minimum atomic E-state index is 0. The van der Waals surface area contributed by atoms with Crippen molar-refractivity contribution < 1.29 is 9.53 Å². The molecule has 7 atom stereocenters. The standard InChI is InChI=1S/C26H28N2O2.CH4/c1-15-11-23-24(16(2)30-26(23)29)25-17(8-10-21(15)25)12-20-9-7-19(14-28-20)22-6-4-3-5-18(22)13-27;/h3-7,9,14-17,21,23-25H,8,10-12H2,1-2H3;1H4. The second-order valence-electron chi connectivity index (χ2n) is 9.52. The summed E-state index contributed by atoms with van der Waals surface area (Å²) in [5, 5.41) is 9.37. The lowest BCUT2D eigenvalue weighted by atomic mass is 9.61. The highest BCUT2D eigenvalue weighted by atomic mass is 16.6. The van der Waals surface area contributed by atoms with Crippen LogP contribution in [0.5, 0.6) is 0 Å². The molecule has 4 nitrogen and oxygen atoms in total. The number of carbonyl (C=O) groups is 1. The second kappa shape index (κ2) is 8.46. The minimum absolute atomic E-state index is 0. The van der Waals surface area contributed by atoms with Gasteiger partial charge in [-0.25, -0.2) is 0 Å². The van der Waals surface area contributed by atoms with E-state index in [1.54, 1.807) is 0 Å². The Hall–Kier alpha value is -2.67. The summed E-state index contributed by atoms with van der Waals surface area (Å²) >= 11 is 0. The number of hydrogen-bond donors (Lipinski definition) is 0. The molecule has 1 aromatic heterocycles. The number of nitrogens with zero attached hydrogens (tertiary/aromatic N) is 2. The average molecular weight is 417 g/mol. The van der Waals surface area contributed by atoms with Gasteiger partial charge in [-0.05, 0) is 68.4 Å². The van der Waals surface area contributed by atoms with Crippen LogP contribution in [0.15, 0.2) is 42.6 Å². The molecular weight excluding hydrogens is 384 g/mol. The summed E-state index contributed by atoms with van der Waals surface area (Å²) in [7, 11) is 0. The molecule has 0 bridgehead atoms. The van der Waals surface area contributed by atoms with E-state index in [1.807, 2.05) is 30.5 Å². The van der Waals surface area contributed by atoms with Gasteiger partial charge in [-0.3, -0.25) is 9.78 Å². The number of esters is 1. The lowest BCUT2D eigenvalue weighted by Gasteiger charge is -2.42. The first kappa shape index (κ1) is 21.6. The van der Waals surface area contributed by atoms with Crippen LogP contribution in [0.2, 0.25) is 0 Å². The minimum Gasteiger partial charge on any atom is -0.462 e. The number of rotatable bonds is 3. The number of pyridine rings is 1. The molecule has 1 saturated heterocycles. The first-order valence-electron chi connectivity index (χ1n) is 11.2. The first-order chi connectivity index (χ1) is 14.6. The Morgan fingerprint density at radius 3 is 2.68 bits per heavy atom. The fourth-order valence-corrected chi connectivity index (χ4v) is 6.69. The summed E-state index contributed by atoms with van der Waals surface area (Å²) in [6, 6.07) is 14.1. The Bertz CT molecular complexity index is 993. The fourth-order valence-electron chi connectivity index (χ4n) is 6.69. The third kappa shape index (κ3) is 3.65. The van der Waals surface area contributed by atoms with Crippen molar-refractivity contribution in [3.63, 3.8) is 0 Å². The molecule has 1 aromatic carbocycles. The fraction of sp³-hybridized carbons (Fsp3) is 0.519. The number of hydrogen-bond acceptors (Lipinski definition) is 4. The molecule has 3 aliphatic rings. The number of benzene rings is 1. The van der Waals surface area contributed by atoms with Gasteiger partial charge in [0.2, 0.25) is 0 Å². The summed E-state index contributed by atoms with van der Waals surface area (Å²) in [5.74, 6) is 2.91. The second-order valence-corrected chi connectivity index (χ2v) is 9.52. The number of ether oxygens (including phenoxy) is 1. The number of carbonyl (C=O) groups excluding carboxylic acids is 1. The molecule has 2 aliphatic carbocycles. The first-order valence-corrected chi connectivity index (χ1v) is 11.2. The van der Waals surface area contributed by atoms with Gasteiger partial charge in [-0.1, -0.05) is 38.6 Å². The van der Waals surface area contributed by atoms with Crippen molar-refractivity contribution in [2.45, 2.75) is 53.1 Å². The van der Waals surface area contributed by atoms with Crippen LogP contribution >= 0.6 is 0 Å². The zero-order valence-corrected chi connectivity index (χ0v) is 17.6. The van der Waals surface area contributed by atoms with Gasteiger partial charge in [0.15, 0.2) is 0 Å². The van der Waals surface area contributed by atoms with Crippen molar-refractivity contribution in [2.75, 3.05) is 0 Å². The van der Waals surface area contributed by atoms with Crippen molar-refractivity contribution in [3.05, 3.63) is 53.9 Å². The van der Waals surface area contributed by atoms with Gasteiger partial charge >= 0.3 is 5.97 Å². The zero-order chi connectivity index (χ0) is 20.8. The molecule has 162 valence electrons. The lowest BCUT2D eigenvalue weighted by molar-refractivity contribution is -0.144. The summed E-state index contributed by atoms with van der Waals surface area (Å²) in [6.07, 6.45) is 6.36. The van der Waals surface area contributed by atoms with E-state index in [0.29, 0.717) is 35.2 Å². The van der Waals surface area contributed by atoms with Crippen LogP contribution in [0.4, 0.5) is 0 Å². The van der Waals surface area contributed by atoms with Crippen LogP contribution in [0.25, 0.3) is 11.1 Å². The number of nitriles is 1. The molecule has 4 heteroatoms. The van der Waals surface area contributed by atoms with Crippen molar-refractivity contribution >= 4 is 5.97 Å². The van der Waals surface area contributed by atoms with Crippen LogP contribution in [-0.2, 0) is 16.0 Å². The highest BCUT2D eigenvalue weighted by molar-refractivity contribution is 5.75. The number of aromatic nitrogens is 1. The van der Waals surface area contributed by atoms with Gasteiger partial charge in [-0.15, -0.1) is 0 Å². The van der Waals surface area contributed by atoms with Crippen LogP contribution < -0.4 is 0 Å². The van der Waals surface area contributed by atoms with E-state index in [9.17, 15) is 10.1 Å². The van der Waals surface area contributed by atoms with Gasteiger partial charge < -0.3 is 4.74 Å². The third-order valence-corrected chi connectivity index (χ3v) is 7.98. The van der Waals surface area contributed by atoms with Crippen molar-refractivity contribution in [2.24, 2.45) is 35.5 Å². The Morgan fingerprint density at radius 1 is 1.13 bits per heavy atom. The molecule has 2 heterocycles. The van der Waals surface area contributed by atoms with E-state index >= 15 is 0 Å². The Labute approximate surface area is 185 Å². The maximum absolute atomic E-state index is 12.4. The normalized spacial score (nSPS) is 33.6. The van der Waals surface area contributed by atoms with Crippen LogP contribution in [0.1, 0.15) is 51.8 Å². The summed E-state index contributed by atoms with van der Waals surface area (Å²) < 4.78 is 5.67. The smallest absolute Gasteiger partial charge is 0.309 e. The predicted molar refractivity (Wildman–Crippen MR) is 121 cm³/mol. The maximum atomic E-state index is 12.4. The Morgan fingerprint density at radius 2 is 1.94 bits per heavy atom. The molecule has 31 heavy (non-hydrogen) atoms. The monoisotopic (exact) mass is 416 g/mol. The van der Waals surface area contributed by atoms with Crippen LogP contribution in [0.3, 0.4) is 0 Å². The molecule has 0 amide bonds. The number of cyclic esters (lactones) is 1. The van der Waals surface area contributed by atoms with Crippen molar-refractivity contribution in [1.82, 2.24) is 4.98 Å². The van der Waals surface area contributed by atoms with E-state index in [4.69, 9.17) is 9.72 Å². The van der Waals surface area contributed by atoms with E-state index < -0.39 is 0 Å². The quantitative estimate of drug-likeness (QED) is 0.606. The van der Waals surface area contributed by atoms with E-state index in [2.05, 4.69) is 32.0 Å². The topological polar surface area (TPSA) is 63.0 Å². The van der Waals surface area contributed by atoms with Gasteiger partial charge in [0, 0.05) is 28.9 Å². The average Bonchev–Trinajstić information content (AvgIpc) is 3.29. The zero-order valence-electron chi connectivity index (χ0n) is 17.6. The molecule has 0 N–H and O–H groups in total. The SMILES string of the molecule is C.CC1CC2C(=O)OC(C)C2C2C(Cc3ccc(-c4ccccc4C#N)cn3)CCC12. The van der Waals surface area contributed by atoms with Gasteiger partial charge in [0.25, 0.3) is 0 Å². The Balaban J connectivity index is 0.00000231. The summed E-state index contributed by atoms with van der Waals surface area (Å²) in [4.78, 5) is 17.1. The summed E-state index contributed by atoms with van der Waals surface area (Å²) in [6.45, 7) is 4.41. The van der Waals surface area contributed by atoms with Crippen LogP contribution in [0, 0.1) is 46.8 Å². The largest absolute Gasteiger partial charge is 0.462 e. The van der Waals surface area contributed by atoms with E-state index in [1.165, 1.54) is 12.8 Å². The van der Waals surface area contributed by atoms with Crippen molar-refractivity contribution in [3.8, 4) is 17.2 Å². The van der Waals surface area contributed by atoms with Crippen molar-refractivity contribution in [1.29, 1.82) is 5.26 Å².